The highest BCUT2D eigenvalue weighted by Crippen LogP contribution is 2.31. The van der Waals surface area contributed by atoms with Gasteiger partial charge >= 0.3 is 0 Å². The summed E-state index contributed by atoms with van der Waals surface area (Å²) in [4.78, 5) is 41.2. The van der Waals surface area contributed by atoms with E-state index in [9.17, 15) is 14.4 Å². The first-order chi connectivity index (χ1) is 13.9. The zero-order chi connectivity index (χ0) is 20.8. The zero-order valence-electron chi connectivity index (χ0n) is 15.9. The van der Waals surface area contributed by atoms with Crippen molar-refractivity contribution in [3.8, 4) is 11.3 Å². The monoisotopic (exact) mass is 425 g/mol. The van der Waals surface area contributed by atoms with E-state index in [4.69, 9.17) is 0 Å². The van der Waals surface area contributed by atoms with Gasteiger partial charge in [0.2, 0.25) is 11.8 Å². The molecule has 0 aliphatic carbocycles. The Hall–Kier alpha value is -2.97. The van der Waals surface area contributed by atoms with Crippen LogP contribution in [0, 0.1) is 0 Å². The molecule has 0 fully saturated rings. The van der Waals surface area contributed by atoms with Gasteiger partial charge < -0.3 is 10.6 Å². The Morgan fingerprint density at radius 1 is 0.966 bits per heavy atom. The predicted octanol–water partition coefficient (Wildman–Crippen LogP) is 4.70. The summed E-state index contributed by atoms with van der Waals surface area (Å²) in [6.45, 7) is 2.94. The number of thioether (sulfide) groups is 1. The van der Waals surface area contributed by atoms with E-state index in [-0.39, 0.29) is 23.4 Å². The van der Waals surface area contributed by atoms with E-state index >= 15 is 0 Å². The molecule has 8 heteroatoms. The van der Waals surface area contributed by atoms with Crippen molar-refractivity contribution in [2.24, 2.45) is 0 Å². The molecule has 2 amide bonds. The number of carbonyl (C=O) groups excluding carboxylic acids is 3. The molecule has 1 heterocycles. The van der Waals surface area contributed by atoms with E-state index in [0.29, 0.717) is 21.4 Å². The third-order valence-corrected chi connectivity index (χ3v) is 5.87. The van der Waals surface area contributed by atoms with Gasteiger partial charge in [0.15, 0.2) is 10.9 Å². The zero-order valence-corrected chi connectivity index (χ0v) is 17.5. The number of hydrogen-bond acceptors (Lipinski definition) is 6. The van der Waals surface area contributed by atoms with Crippen LogP contribution in [0.5, 0.6) is 0 Å². The Kier molecular flexibility index (Phi) is 6.79. The summed E-state index contributed by atoms with van der Waals surface area (Å²) in [6, 6.07) is 16.7. The van der Waals surface area contributed by atoms with Crippen molar-refractivity contribution in [3.05, 3.63) is 59.5 Å². The molecule has 0 aliphatic heterocycles. The predicted molar refractivity (Wildman–Crippen MR) is 118 cm³/mol. The normalized spacial score (nSPS) is 10.4. The molecule has 0 saturated heterocycles. The van der Waals surface area contributed by atoms with E-state index in [1.807, 2.05) is 42.5 Å². The lowest BCUT2D eigenvalue weighted by atomic mass is 10.1. The average Bonchev–Trinajstić information content (AvgIpc) is 3.12. The minimum atomic E-state index is -0.204. The Balaban J connectivity index is 1.63. The molecular weight excluding hydrogens is 406 g/mol. The lowest BCUT2D eigenvalue weighted by Gasteiger charge is -2.05. The van der Waals surface area contributed by atoms with Gasteiger partial charge in [0.25, 0.3) is 0 Å². The van der Waals surface area contributed by atoms with Crippen LogP contribution >= 0.6 is 23.1 Å². The summed E-state index contributed by atoms with van der Waals surface area (Å²) in [5.74, 6) is -0.220. The Bertz CT molecular complexity index is 1030. The number of thiazole rings is 1. The number of benzene rings is 2. The van der Waals surface area contributed by atoms with Gasteiger partial charge in [-0.2, -0.15) is 0 Å². The molecule has 29 heavy (non-hydrogen) atoms. The number of aromatic nitrogens is 1. The van der Waals surface area contributed by atoms with Gasteiger partial charge in [-0.3, -0.25) is 14.4 Å². The van der Waals surface area contributed by atoms with Gasteiger partial charge in [-0.25, -0.2) is 4.98 Å². The fourth-order valence-corrected chi connectivity index (χ4v) is 4.14. The molecule has 0 bridgehead atoms. The molecular formula is C21H19N3O3S2. The highest BCUT2D eigenvalue weighted by molar-refractivity contribution is 8.00. The lowest BCUT2D eigenvalue weighted by Crippen LogP contribution is -2.13. The Morgan fingerprint density at radius 2 is 1.66 bits per heavy atom. The van der Waals surface area contributed by atoms with E-state index in [2.05, 4.69) is 15.6 Å². The fraction of sp³-hybridized carbons (Fsp3) is 0.143. The molecule has 0 unspecified atom stereocenters. The third-order valence-electron chi connectivity index (χ3n) is 3.79. The molecule has 3 aromatic rings. The molecule has 2 aromatic carbocycles. The van der Waals surface area contributed by atoms with Gasteiger partial charge in [0, 0.05) is 30.0 Å². The number of hydrogen-bond donors (Lipinski definition) is 2. The van der Waals surface area contributed by atoms with E-state index in [1.165, 1.54) is 36.9 Å². The van der Waals surface area contributed by atoms with Crippen LogP contribution < -0.4 is 10.6 Å². The van der Waals surface area contributed by atoms with Crippen molar-refractivity contribution in [2.75, 3.05) is 16.4 Å². The largest absolute Gasteiger partial charge is 0.326 e. The SMILES string of the molecule is CC(=O)Nc1ccc(SCC(=O)Nc2nc(-c3ccccc3)c(C(C)=O)s2)cc1. The smallest absolute Gasteiger partial charge is 0.236 e. The topological polar surface area (TPSA) is 88.2 Å². The molecule has 6 nitrogen and oxygen atoms in total. The van der Waals surface area contributed by atoms with Crippen molar-refractivity contribution >= 4 is 51.5 Å². The van der Waals surface area contributed by atoms with Crippen LogP contribution in [-0.2, 0) is 9.59 Å². The number of amides is 2. The van der Waals surface area contributed by atoms with Crippen LogP contribution in [-0.4, -0.2) is 28.3 Å². The minimum absolute atomic E-state index is 0.0875. The summed E-state index contributed by atoms with van der Waals surface area (Å²) in [6.07, 6.45) is 0. The molecule has 148 valence electrons. The molecule has 3 rings (SSSR count). The molecule has 0 spiro atoms. The maximum Gasteiger partial charge on any atom is 0.236 e. The van der Waals surface area contributed by atoms with Gasteiger partial charge in [-0.1, -0.05) is 41.7 Å². The maximum atomic E-state index is 12.3. The highest BCUT2D eigenvalue weighted by atomic mass is 32.2. The summed E-state index contributed by atoms with van der Waals surface area (Å²) >= 11 is 2.55. The second-order valence-electron chi connectivity index (χ2n) is 6.16. The van der Waals surface area contributed by atoms with Crippen molar-refractivity contribution in [1.29, 1.82) is 0 Å². The molecule has 1 aromatic heterocycles. The van der Waals surface area contributed by atoms with Crippen LogP contribution in [0.4, 0.5) is 10.8 Å². The molecule has 2 N–H and O–H groups in total. The standard InChI is InChI=1S/C21H19N3O3S2/c1-13(25)20-19(15-6-4-3-5-7-15)24-21(29-20)23-18(27)12-28-17-10-8-16(9-11-17)22-14(2)26/h3-11H,12H2,1-2H3,(H,22,26)(H,23,24,27). The highest BCUT2D eigenvalue weighted by Gasteiger charge is 2.17. The molecule has 0 atom stereocenters. The minimum Gasteiger partial charge on any atom is -0.326 e. The quantitative estimate of drug-likeness (QED) is 0.423. The fourth-order valence-electron chi connectivity index (χ4n) is 2.55. The van der Waals surface area contributed by atoms with Crippen LogP contribution in [0.25, 0.3) is 11.3 Å². The molecule has 0 radical (unpaired) electrons. The number of nitrogens with zero attached hydrogens (tertiary/aromatic N) is 1. The van der Waals surface area contributed by atoms with Crippen LogP contribution in [0.2, 0.25) is 0 Å². The van der Waals surface area contributed by atoms with E-state index in [1.54, 1.807) is 12.1 Å². The number of carbonyl (C=O) groups is 3. The summed E-state index contributed by atoms with van der Waals surface area (Å²) in [7, 11) is 0. The number of ketones is 1. The summed E-state index contributed by atoms with van der Waals surface area (Å²) < 4.78 is 0. The van der Waals surface area contributed by atoms with Crippen LogP contribution in [0.3, 0.4) is 0 Å². The van der Waals surface area contributed by atoms with Crippen molar-refractivity contribution in [3.63, 3.8) is 0 Å². The second-order valence-corrected chi connectivity index (χ2v) is 8.21. The van der Waals surface area contributed by atoms with Crippen LogP contribution in [0.15, 0.2) is 59.5 Å². The van der Waals surface area contributed by atoms with E-state index in [0.717, 1.165) is 10.5 Å². The third kappa shape index (κ3) is 5.75. The maximum absolute atomic E-state index is 12.3. The van der Waals surface area contributed by atoms with Crippen molar-refractivity contribution in [2.45, 2.75) is 18.7 Å². The summed E-state index contributed by atoms with van der Waals surface area (Å²) in [5.41, 5.74) is 2.13. The van der Waals surface area contributed by atoms with Gasteiger partial charge in [0.1, 0.15) is 0 Å². The number of anilines is 2. The van der Waals surface area contributed by atoms with E-state index < -0.39 is 0 Å². The van der Waals surface area contributed by atoms with Gasteiger partial charge in [-0.05, 0) is 24.3 Å². The first kappa shape index (κ1) is 20.8. The first-order valence-electron chi connectivity index (χ1n) is 8.80. The first-order valence-corrected chi connectivity index (χ1v) is 10.6. The average molecular weight is 426 g/mol. The Morgan fingerprint density at radius 3 is 2.28 bits per heavy atom. The second kappa shape index (κ2) is 9.49. The molecule has 0 saturated carbocycles. The van der Waals surface area contributed by atoms with Gasteiger partial charge in [0.05, 0.1) is 16.3 Å². The van der Waals surface area contributed by atoms with Gasteiger partial charge in [-0.15, -0.1) is 11.8 Å². The van der Waals surface area contributed by atoms with Crippen molar-refractivity contribution < 1.29 is 14.4 Å². The summed E-state index contributed by atoms with van der Waals surface area (Å²) in [5, 5.41) is 5.87. The van der Waals surface area contributed by atoms with Crippen LogP contribution in [0.1, 0.15) is 23.5 Å². The lowest BCUT2D eigenvalue weighted by molar-refractivity contribution is -0.114. The number of rotatable bonds is 7. The van der Waals surface area contributed by atoms with Crippen molar-refractivity contribution in [1.82, 2.24) is 4.98 Å². The molecule has 0 aliphatic rings. The number of nitrogens with one attached hydrogen (secondary N) is 2. The Labute approximate surface area is 176 Å². The number of Topliss-reactive ketones (excluding diaryl/α,β-unsaturated/α-hetero) is 1.